The molecule has 8 heteroatoms. The van der Waals surface area contributed by atoms with Crippen molar-refractivity contribution in [2.24, 2.45) is 5.92 Å². The molecule has 0 unspecified atom stereocenters. The van der Waals surface area contributed by atoms with Gasteiger partial charge in [0.25, 0.3) is 0 Å². The van der Waals surface area contributed by atoms with Gasteiger partial charge in [-0.2, -0.15) is 0 Å². The van der Waals surface area contributed by atoms with Gasteiger partial charge in [0, 0.05) is 49.7 Å². The second kappa shape index (κ2) is 9.41. The number of amides is 1. The van der Waals surface area contributed by atoms with E-state index in [-0.39, 0.29) is 24.0 Å². The molecule has 0 spiro atoms. The summed E-state index contributed by atoms with van der Waals surface area (Å²) in [6.07, 6.45) is 0.543. The number of ether oxygens (including phenoxy) is 2. The Morgan fingerprint density at radius 2 is 1.73 bits per heavy atom. The minimum atomic E-state index is -1.19. The van der Waals surface area contributed by atoms with E-state index in [0.717, 1.165) is 5.56 Å². The molecule has 2 saturated heterocycles. The minimum Gasteiger partial charge on any atom is -0.410 e. The average molecular weight is 475 g/mol. The summed E-state index contributed by atoms with van der Waals surface area (Å²) in [7, 11) is 1.60. The zero-order chi connectivity index (χ0) is 23.6. The lowest BCUT2D eigenvalue weighted by Crippen LogP contribution is -2.68. The van der Waals surface area contributed by atoms with Crippen LogP contribution in [0.4, 0.5) is 9.18 Å². The smallest absolute Gasteiger partial charge is 0.410 e. The van der Waals surface area contributed by atoms with Crippen molar-refractivity contribution in [3.63, 3.8) is 0 Å². The maximum atomic E-state index is 14.2. The number of nitrogens with one attached hydrogen (secondary N) is 1. The Labute approximate surface area is 198 Å². The fourth-order valence-corrected chi connectivity index (χ4v) is 5.26. The van der Waals surface area contributed by atoms with E-state index in [9.17, 15) is 14.0 Å². The lowest BCUT2D eigenvalue weighted by Gasteiger charge is -2.49. The van der Waals surface area contributed by atoms with Gasteiger partial charge in [-0.05, 0) is 54.8 Å². The molecule has 33 heavy (non-hydrogen) atoms. The number of carbonyl (C=O) groups excluding carboxylic acids is 2. The highest BCUT2D eigenvalue weighted by atomic mass is 35.5. The Bertz CT molecular complexity index is 1010. The molecule has 0 radical (unpaired) electrons. The summed E-state index contributed by atoms with van der Waals surface area (Å²) in [4.78, 5) is 29.0. The molecule has 2 aromatic rings. The number of halogens is 2. The van der Waals surface area contributed by atoms with E-state index in [2.05, 4.69) is 5.32 Å². The lowest BCUT2D eigenvalue weighted by atomic mass is 9.63. The molecular weight excluding hydrogens is 447 g/mol. The molecule has 2 atom stereocenters. The van der Waals surface area contributed by atoms with Crippen LogP contribution in [0.5, 0.6) is 5.75 Å². The van der Waals surface area contributed by atoms with Crippen LogP contribution in [0.2, 0.25) is 5.02 Å². The summed E-state index contributed by atoms with van der Waals surface area (Å²) in [6, 6.07) is 12.6. The highest BCUT2D eigenvalue weighted by molar-refractivity contribution is 6.30. The second-order valence-electron chi connectivity index (χ2n) is 8.93. The lowest BCUT2D eigenvalue weighted by molar-refractivity contribution is -0.138. The fourth-order valence-electron chi connectivity index (χ4n) is 5.13. The SMILES string of the molecule is CN(C(=O)Oc1ccc(F)cc1)[C@]1(C(=O)C2CCOCC2)CNC[C@@]1(C)c1ccc(Cl)cc1. The first-order valence-electron chi connectivity index (χ1n) is 11.1. The average Bonchev–Trinajstić information content (AvgIpc) is 3.19. The molecule has 2 heterocycles. The molecule has 2 aliphatic rings. The van der Waals surface area contributed by atoms with Gasteiger partial charge >= 0.3 is 6.09 Å². The van der Waals surface area contributed by atoms with Crippen LogP contribution >= 0.6 is 11.6 Å². The normalized spacial score (nSPS) is 25.6. The fraction of sp³-hybridized carbons (Fsp3) is 0.440. The highest BCUT2D eigenvalue weighted by Gasteiger charge is 2.62. The van der Waals surface area contributed by atoms with Gasteiger partial charge in [0.15, 0.2) is 5.78 Å². The van der Waals surface area contributed by atoms with Gasteiger partial charge in [-0.3, -0.25) is 9.69 Å². The standard InChI is InChI=1S/C25H28ClFN2O4/c1-24(18-3-5-19(26)6-4-18)15-28-16-25(24,22(30)17-11-13-32-14-12-17)29(2)23(31)33-21-9-7-20(27)8-10-21/h3-10,17,28H,11-16H2,1-2H3/t24-,25-/m0/s1. The van der Waals surface area contributed by atoms with E-state index in [1.165, 1.54) is 29.2 Å². The van der Waals surface area contributed by atoms with Gasteiger partial charge in [-0.15, -0.1) is 0 Å². The van der Waals surface area contributed by atoms with Crippen molar-refractivity contribution in [2.45, 2.75) is 30.7 Å². The van der Waals surface area contributed by atoms with Crippen LogP contribution in [0.25, 0.3) is 0 Å². The number of likely N-dealkylation sites (N-methyl/N-ethyl adjacent to an activating group) is 1. The number of ketones is 1. The van der Waals surface area contributed by atoms with Crippen molar-refractivity contribution in [2.75, 3.05) is 33.4 Å². The Kier molecular flexibility index (Phi) is 6.75. The number of rotatable bonds is 5. The molecule has 2 aliphatic heterocycles. The van der Waals surface area contributed by atoms with Crippen molar-refractivity contribution in [1.29, 1.82) is 0 Å². The molecule has 0 aliphatic carbocycles. The van der Waals surface area contributed by atoms with Crippen molar-refractivity contribution in [3.05, 3.63) is 64.9 Å². The zero-order valence-corrected chi connectivity index (χ0v) is 19.5. The molecular formula is C25H28ClFN2O4. The van der Waals surface area contributed by atoms with Gasteiger partial charge in [-0.25, -0.2) is 9.18 Å². The maximum absolute atomic E-state index is 14.2. The van der Waals surface area contributed by atoms with Crippen LogP contribution in [-0.2, 0) is 14.9 Å². The minimum absolute atomic E-state index is 0.00759. The molecule has 6 nitrogen and oxygen atoms in total. The monoisotopic (exact) mass is 474 g/mol. The van der Waals surface area contributed by atoms with Crippen molar-refractivity contribution in [3.8, 4) is 5.75 Å². The number of hydrogen-bond acceptors (Lipinski definition) is 5. The highest BCUT2D eigenvalue weighted by Crippen LogP contribution is 2.45. The van der Waals surface area contributed by atoms with Crippen LogP contribution < -0.4 is 10.1 Å². The van der Waals surface area contributed by atoms with Crippen molar-refractivity contribution < 1.29 is 23.5 Å². The van der Waals surface area contributed by atoms with Gasteiger partial charge < -0.3 is 14.8 Å². The zero-order valence-electron chi connectivity index (χ0n) is 18.8. The largest absolute Gasteiger partial charge is 0.415 e. The van der Waals surface area contributed by atoms with Gasteiger partial charge in [0.2, 0.25) is 0 Å². The first-order valence-corrected chi connectivity index (χ1v) is 11.5. The van der Waals surface area contributed by atoms with E-state index in [0.29, 0.717) is 37.6 Å². The molecule has 0 saturated carbocycles. The van der Waals surface area contributed by atoms with Crippen LogP contribution in [0, 0.1) is 11.7 Å². The third kappa shape index (κ3) is 4.25. The molecule has 1 N–H and O–H groups in total. The van der Waals surface area contributed by atoms with Crippen molar-refractivity contribution in [1.82, 2.24) is 10.2 Å². The number of hydrogen-bond donors (Lipinski definition) is 1. The predicted octanol–water partition coefficient (Wildman–Crippen LogP) is 4.21. The topological polar surface area (TPSA) is 67.9 Å². The molecule has 4 rings (SSSR count). The predicted molar refractivity (Wildman–Crippen MR) is 123 cm³/mol. The summed E-state index contributed by atoms with van der Waals surface area (Å²) in [5, 5.41) is 3.96. The summed E-state index contributed by atoms with van der Waals surface area (Å²) in [5.74, 6) is -0.455. The summed E-state index contributed by atoms with van der Waals surface area (Å²) < 4.78 is 24.3. The Morgan fingerprint density at radius 3 is 2.36 bits per heavy atom. The van der Waals surface area contributed by atoms with Gasteiger partial charge in [0.1, 0.15) is 17.1 Å². The number of benzene rings is 2. The van der Waals surface area contributed by atoms with Crippen molar-refractivity contribution >= 4 is 23.5 Å². The first-order chi connectivity index (χ1) is 15.8. The van der Waals surface area contributed by atoms with E-state index in [4.69, 9.17) is 21.1 Å². The Morgan fingerprint density at radius 1 is 1.09 bits per heavy atom. The number of Topliss-reactive ketones (excluding diaryl/α,β-unsaturated/α-hetero) is 1. The van der Waals surface area contributed by atoms with Crippen LogP contribution in [0.1, 0.15) is 25.3 Å². The van der Waals surface area contributed by atoms with Crippen LogP contribution in [0.15, 0.2) is 48.5 Å². The molecule has 0 aromatic heterocycles. The molecule has 2 fully saturated rings. The van der Waals surface area contributed by atoms with E-state index in [1.54, 1.807) is 19.2 Å². The van der Waals surface area contributed by atoms with Gasteiger partial charge in [0.05, 0.1) is 0 Å². The first kappa shape index (κ1) is 23.7. The molecule has 0 bridgehead atoms. The third-order valence-corrected chi connectivity index (χ3v) is 7.37. The summed E-state index contributed by atoms with van der Waals surface area (Å²) in [6.45, 7) is 3.81. The maximum Gasteiger partial charge on any atom is 0.415 e. The van der Waals surface area contributed by atoms with E-state index >= 15 is 0 Å². The van der Waals surface area contributed by atoms with Gasteiger partial charge in [-0.1, -0.05) is 30.7 Å². The van der Waals surface area contributed by atoms with E-state index < -0.39 is 22.9 Å². The number of carbonyl (C=O) groups is 2. The molecule has 1 amide bonds. The van der Waals surface area contributed by atoms with E-state index in [1.807, 2.05) is 19.1 Å². The van der Waals surface area contributed by atoms with Crippen LogP contribution in [0.3, 0.4) is 0 Å². The third-order valence-electron chi connectivity index (χ3n) is 7.12. The summed E-state index contributed by atoms with van der Waals surface area (Å²) in [5.41, 5.74) is -1.03. The summed E-state index contributed by atoms with van der Waals surface area (Å²) >= 11 is 6.13. The molecule has 176 valence electrons. The quantitative estimate of drug-likeness (QED) is 0.703. The van der Waals surface area contributed by atoms with Crippen LogP contribution in [-0.4, -0.2) is 55.7 Å². The molecule has 2 aromatic carbocycles. The second-order valence-corrected chi connectivity index (χ2v) is 9.37. The Hall–Kier alpha value is -2.48. The number of nitrogens with zero attached hydrogens (tertiary/aromatic N) is 1. The Balaban J connectivity index is 1.75.